The molecule has 0 amide bonds. The van der Waals surface area contributed by atoms with Crippen LogP contribution in [0.5, 0.6) is 0 Å². The van der Waals surface area contributed by atoms with Gasteiger partial charge < -0.3 is 10.1 Å². The fourth-order valence-corrected chi connectivity index (χ4v) is 1.98. The Morgan fingerprint density at radius 1 is 1.73 bits per heavy atom. The van der Waals surface area contributed by atoms with Gasteiger partial charge in [0.2, 0.25) is 0 Å². The van der Waals surface area contributed by atoms with E-state index in [4.69, 9.17) is 4.74 Å². The number of carbonyl (C=O) groups excluding carboxylic acids is 1. The third-order valence-electron chi connectivity index (χ3n) is 2.74. The summed E-state index contributed by atoms with van der Waals surface area (Å²) in [5.41, 5.74) is 1.45. The van der Waals surface area contributed by atoms with Crippen molar-refractivity contribution in [2.24, 2.45) is 7.05 Å². The second kappa shape index (κ2) is 4.02. The van der Waals surface area contributed by atoms with Crippen molar-refractivity contribution >= 4 is 5.97 Å². The number of nitrogens with one attached hydrogen (secondary N) is 1. The van der Waals surface area contributed by atoms with Gasteiger partial charge in [-0.2, -0.15) is 5.10 Å². The molecule has 5 heteroatoms. The number of rotatable bonds is 2. The van der Waals surface area contributed by atoms with Crippen LogP contribution in [0.2, 0.25) is 0 Å². The molecule has 0 radical (unpaired) electrons. The highest BCUT2D eigenvalue weighted by molar-refractivity contribution is 5.88. The van der Waals surface area contributed by atoms with Gasteiger partial charge in [0.1, 0.15) is 0 Å². The molecule has 2 rings (SSSR count). The summed E-state index contributed by atoms with van der Waals surface area (Å²) >= 11 is 0. The fraction of sp³-hybridized carbons (Fsp3) is 0.600. The third kappa shape index (κ3) is 1.87. The summed E-state index contributed by atoms with van der Waals surface area (Å²) in [6.45, 7) is 1.91. The van der Waals surface area contributed by atoms with Gasteiger partial charge in [-0.25, -0.2) is 4.79 Å². The Morgan fingerprint density at radius 2 is 2.53 bits per heavy atom. The standard InChI is InChI=1S/C10H15N3O2/c1-13-6-8(7-3-4-11-5-7)9(12-13)10(14)15-2/h6-7,11H,3-5H2,1-2H3. The molecule has 1 aliphatic rings. The minimum atomic E-state index is -0.350. The Hall–Kier alpha value is -1.36. The highest BCUT2D eigenvalue weighted by Gasteiger charge is 2.25. The van der Waals surface area contributed by atoms with E-state index in [-0.39, 0.29) is 5.97 Å². The van der Waals surface area contributed by atoms with E-state index in [0.717, 1.165) is 25.1 Å². The predicted molar refractivity (Wildman–Crippen MR) is 54.8 cm³/mol. The van der Waals surface area contributed by atoms with Crippen LogP contribution in [0.25, 0.3) is 0 Å². The van der Waals surface area contributed by atoms with E-state index in [1.807, 2.05) is 13.2 Å². The Kier molecular flexibility index (Phi) is 2.73. The van der Waals surface area contributed by atoms with E-state index in [2.05, 4.69) is 10.4 Å². The monoisotopic (exact) mass is 209 g/mol. The molecule has 1 saturated heterocycles. The van der Waals surface area contributed by atoms with Gasteiger partial charge in [-0.3, -0.25) is 4.68 Å². The van der Waals surface area contributed by atoms with Crippen LogP contribution in [0.15, 0.2) is 6.20 Å². The normalized spacial score (nSPS) is 20.5. The molecule has 0 spiro atoms. The maximum Gasteiger partial charge on any atom is 0.358 e. The minimum absolute atomic E-state index is 0.350. The molecular weight excluding hydrogens is 194 g/mol. The van der Waals surface area contributed by atoms with Gasteiger partial charge in [-0.15, -0.1) is 0 Å². The average molecular weight is 209 g/mol. The fourth-order valence-electron chi connectivity index (χ4n) is 1.98. The van der Waals surface area contributed by atoms with Crippen molar-refractivity contribution in [1.82, 2.24) is 15.1 Å². The number of aromatic nitrogens is 2. The zero-order chi connectivity index (χ0) is 10.8. The van der Waals surface area contributed by atoms with E-state index in [0.29, 0.717) is 11.6 Å². The number of ether oxygens (including phenoxy) is 1. The van der Waals surface area contributed by atoms with Crippen molar-refractivity contribution in [1.29, 1.82) is 0 Å². The Balaban J connectivity index is 2.32. The van der Waals surface area contributed by atoms with Gasteiger partial charge >= 0.3 is 5.97 Å². The maximum atomic E-state index is 11.5. The maximum absolute atomic E-state index is 11.5. The van der Waals surface area contributed by atoms with Crippen LogP contribution in [0.1, 0.15) is 28.4 Å². The molecule has 0 aromatic carbocycles. The van der Waals surface area contributed by atoms with Crippen LogP contribution in [0.4, 0.5) is 0 Å². The average Bonchev–Trinajstić information content (AvgIpc) is 2.84. The lowest BCUT2D eigenvalue weighted by atomic mass is 9.99. The van der Waals surface area contributed by atoms with Crippen LogP contribution < -0.4 is 5.32 Å². The van der Waals surface area contributed by atoms with Gasteiger partial charge in [0.15, 0.2) is 5.69 Å². The number of nitrogens with zero attached hydrogens (tertiary/aromatic N) is 2. The molecule has 0 bridgehead atoms. The Morgan fingerprint density at radius 3 is 3.13 bits per heavy atom. The van der Waals surface area contributed by atoms with E-state index in [1.165, 1.54) is 7.11 Å². The lowest BCUT2D eigenvalue weighted by Crippen LogP contribution is -2.11. The summed E-state index contributed by atoms with van der Waals surface area (Å²) in [5.74, 6) is 0.0327. The molecule has 15 heavy (non-hydrogen) atoms. The van der Waals surface area contributed by atoms with Crippen molar-refractivity contribution in [3.8, 4) is 0 Å². The first-order valence-corrected chi connectivity index (χ1v) is 5.05. The van der Waals surface area contributed by atoms with Crippen LogP contribution >= 0.6 is 0 Å². The summed E-state index contributed by atoms with van der Waals surface area (Å²) in [5, 5.41) is 7.42. The van der Waals surface area contributed by atoms with Crippen molar-refractivity contribution in [3.05, 3.63) is 17.5 Å². The van der Waals surface area contributed by atoms with Crippen molar-refractivity contribution in [2.45, 2.75) is 12.3 Å². The number of methoxy groups -OCH3 is 1. The largest absolute Gasteiger partial charge is 0.464 e. The molecule has 1 aromatic heterocycles. The number of aryl methyl sites for hydroxylation is 1. The highest BCUT2D eigenvalue weighted by atomic mass is 16.5. The van der Waals surface area contributed by atoms with Gasteiger partial charge in [0.05, 0.1) is 7.11 Å². The predicted octanol–water partition coefficient (Wildman–Crippen LogP) is 0.284. The summed E-state index contributed by atoms with van der Waals surface area (Å²) in [6.07, 6.45) is 2.96. The zero-order valence-electron chi connectivity index (χ0n) is 8.99. The summed E-state index contributed by atoms with van der Waals surface area (Å²) in [6, 6.07) is 0. The lowest BCUT2D eigenvalue weighted by molar-refractivity contribution is 0.0591. The Bertz CT molecular complexity index is 367. The zero-order valence-corrected chi connectivity index (χ0v) is 8.99. The molecular formula is C10H15N3O2. The molecule has 1 atom stereocenters. The SMILES string of the molecule is COC(=O)c1nn(C)cc1C1CCNC1. The highest BCUT2D eigenvalue weighted by Crippen LogP contribution is 2.25. The van der Waals surface area contributed by atoms with Crippen LogP contribution in [0.3, 0.4) is 0 Å². The van der Waals surface area contributed by atoms with Gasteiger partial charge in [-0.05, 0) is 13.0 Å². The molecule has 1 aromatic rings. The quantitative estimate of drug-likeness (QED) is 0.711. The molecule has 1 N–H and O–H groups in total. The molecule has 1 unspecified atom stereocenters. The lowest BCUT2D eigenvalue weighted by Gasteiger charge is -2.06. The van der Waals surface area contributed by atoms with E-state index in [9.17, 15) is 4.79 Å². The topological polar surface area (TPSA) is 56.1 Å². The minimum Gasteiger partial charge on any atom is -0.464 e. The van der Waals surface area contributed by atoms with Crippen LogP contribution in [-0.4, -0.2) is 35.9 Å². The molecule has 2 heterocycles. The second-order valence-electron chi connectivity index (χ2n) is 3.79. The summed E-state index contributed by atoms with van der Waals surface area (Å²) < 4.78 is 6.38. The first kappa shape index (κ1) is 10.2. The van der Waals surface area contributed by atoms with Gasteiger partial charge in [-0.1, -0.05) is 0 Å². The Labute approximate surface area is 88.4 Å². The summed E-state index contributed by atoms with van der Waals surface area (Å²) in [4.78, 5) is 11.5. The molecule has 5 nitrogen and oxygen atoms in total. The molecule has 0 aliphatic carbocycles. The molecule has 1 fully saturated rings. The molecule has 0 saturated carbocycles. The molecule has 1 aliphatic heterocycles. The summed E-state index contributed by atoms with van der Waals surface area (Å²) in [7, 11) is 3.20. The third-order valence-corrected chi connectivity index (χ3v) is 2.74. The first-order chi connectivity index (χ1) is 7.22. The first-order valence-electron chi connectivity index (χ1n) is 5.05. The smallest absolute Gasteiger partial charge is 0.358 e. The van der Waals surface area contributed by atoms with E-state index >= 15 is 0 Å². The van der Waals surface area contributed by atoms with Crippen molar-refractivity contribution < 1.29 is 9.53 Å². The number of esters is 1. The van der Waals surface area contributed by atoms with Crippen LogP contribution in [-0.2, 0) is 11.8 Å². The number of hydrogen-bond acceptors (Lipinski definition) is 4. The second-order valence-corrected chi connectivity index (χ2v) is 3.79. The van der Waals surface area contributed by atoms with E-state index < -0.39 is 0 Å². The number of hydrogen-bond donors (Lipinski definition) is 1. The number of carbonyl (C=O) groups is 1. The van der Waals surface area contributed by atoms with Gasteiger partial charge in [0.25, 0.3) is 0 Å². The van der Waals surface area contributed by atoms with Gasteiger partial charge in [0, 0.05) is 31.3 Å². The molecule has 82 valence electrons. The van der Waals surface area contributed by atoms with E-state index in [1.54, 1.807) is 4.68 Å². The van der Waals surface area contributed by atoms with Crippen molar-refractivity contribution in [3.63, 3.8) is 0 Å². The van der Waals surface area contributed by atoms with Crippen LogP contribution in [0, 0.1) is 0 Å². The van der Waals surface area contributed by atoms with Crippen molar-refractivity contribution in [2.75, 3.05) is 20.2 Å².